The minimum atomic E-state index is -3.40. The number of esters is 1. The Bertz CT molecular complexity index is 1200. The maximum absolute atomic E-state index is 12.6. The minimum Gasteiger partial charge on any atom is -0.454 e. The van der Waals surface area contributed by atoms with Crippen molar-refractivity contribution in [1.29, 1.82) is 0 Å². The number of pyridine rings is 1. The molecule has 0 aliphatic rings. The number of hydrogen-bond donors (Lipinski definition) is 1. The molecule has 0 fully saturated rings. The predicted molar refractivity (Wildman–Crippen MR) is 111 cm³/mol. The average Bonchev–Trinajstić information content (AvgIpc) is 2.65. The molecule has 2 aromatic carbocycles. The van der Waals surface area contributed by atoms with Gasteiger partial charge in [0.05, 0.1) is 23.0 Å². The minimum absolute atomic E-state index is 0.307. The van der Waals surface area contributed by atoms with Crippen molar-refractivity contribution in [1.82, 2.24) is 4.98 Å². The number of sulfonamides is 1. The fraction of sp³-hybridized carbons (Fsp3) is 0.190. The lowest BCUT2D eigenvalue weighted by molar-refractivity contribution is 0.0473. The molecule has 7 nitrogen and oxygen atoms in total. The summed E-state index contributed by atoms with van der Waals surface area (Å²) in [6.07, 6.45) is 1.04. The maximum Gasteiger partial charge on any atom is 0.340 e. The van der Waals surface area contributed by atoms with E-state index in [-0.39, 0.29) is 0 Å². The summed E-state index contributed by atoms with van der Waals surface area (Å²) in [5.41, 5.74) is 3.08. The van der Waals surface area contributed by atoms with Crippen LogP contribution < -0.4 is 4.72 Å². The zero-order valence-corrected chi connectivity index (χ0v) is 17.0. The van der Waals surface area contributed by atoms with Crippen molar-refractivity contribution in [3.8, 4) is 0 Å². The van der Waals surface area contributed by atoms with Gasteiger partial charge >= 0.3 is 5.97 Å². The molecule has 0 radical (unpaired) electrons. The van der Waals surface area contributed by atoms with Crippen LogP contribution in [-0.2, 0) is 14.8 Å². The van der Waals surface area contributed by atoms with Crippen molar-refractivity contribution in [3.05, 3.63) is 70.9 Å². The second kappa shape index (κ2) is 8.00. The van der Waals surface area contributed by atoms with Crippen molar-refractivity contribution < 1.29 is 22.7 Å². The lowest BCUT2D eigenvalue weighted by Crippen LogP contribution is -2.17. The van der Waals surface area contributed by atoms with E-state index in [4.69, 9.17) is 4.74 Å². The number of fused-ring (bicyclic) bond motifs is 1. The van der Waals surface area contributed by atoms with Crippen LogP contribution in [0.15, 0.2) is 48.5 Å². The fourth-order valence-corrected chi connectivity index (χ4v) is 3.62. The Morgan fingerprint density at radius 1 is 1.03 bits per heavy atom. The molecule has 0 spiro atoms. The molecule has 0 amide bonds. The van der Waals surface area contributed by atoms with Gasteiger partial charge in [-0.15, -0.1) is 0 Å². The molecule has 3 aromatic rings. The third kappa shape index (κ3) is 4.78. The second-order valence-electron chi connectivity index (χ2n) is 6.67. The van der Waals surface area contributed by atoms with E-state index in [0.29, 0.717) is 22.5 Å². The maximum atomic E-state index is 12.6. The zero-order chi connectivity index (χ0) is 21.2. The number of rotatable bonds is 6. The van der Waals surface area contributed by atoms with E-state index in [0.717, 1.165) is 22.7 Å². The number of aryl methyl sites for hydroxylation is 2. The lowest BCUT2D eigenvalue weighted by atomic mass is 10.0. The van der Waals surface area contributed by atoms with Crippen molar-refractivity contribution in [3.63, 3.8) is 0 Å². The van der Waals surface area contributed by atoms with Crippen molar-refractivity contribution in [2.45, 2.75) is 13.8 Å². The highest BCUT2D eigenvalue weighted by molar-refractivity contribution is 7.92. The standard InChI is InChI=1S/C21H20N2O5S/c1-13-17-6-4-5-7-18(17)22-14(2)20(13)21(25)28-12-19(24)15-8-10-16(11-9-15)23-29(3,26)27/h4-11,23H,12H2,1-3H3. The molecule has 0 aliphatic carbocycles. The summed E-state index contributed by atoms with van der Waals surface area (Å²) in [5, 5.41) is 0.852. The van der Waals surface area contributed by atoms with Gasteiger partial charge < -0.3 is 4.74 Å². The Balaban J connectivity index is 1.72. The Kier molecular flexibility index (Phi) is 5.65. The topological polar surface area (TPSA) is 102 Å². The van der Waals surface area contributed by atoms with Crippen LogP contribution in [0.5, 0.6) is 0 Å². The number of nitrogens with zero attached hydrogens (tertiary/aromatic N) is 1. The van der Waals surface area contributed by atoms with Gasteiger partial charge in [0.2, 0.25) is 10.0 Å². The van der Waals surface area contributed by atoms with Crippen LogP contribution >= 0.6 is 0 Å². The predicted octanol–water partition coefficient (Wildman–Crippen LogP) is 3.26. The third-order valence-corrected chi connectivity index (χ3v) is 4.99. The highest BCUT2D eigenvalue weighted by Crippen LogP contribution is 2.23. The van der Waals surface area contributed by atoms with Crippen molar-refractivity contribution >= 4 is 38.4 Å². The number of anilines is 1. The lowest BCUT2D eigenvalue weighted by Gasteiger charge is -2.12. The number of carbonyl (C=O) groups is 2. The van der Waals surface area contributed by atoms with Crippen LogP contribution in [0.4, 0.5) is 5.69 Å². The molecule has 150 valence electrons. The Labute approximate surface area is 168 Å². The Morgan fingerprint density at radius 3 is 2.34 bits per heavy atom. The van der Waals surface area contributed by atoms with E-state index in [1.165, 1.54) is 24.3 Å². The smallest absolute Gasteiger partial charge is 0.340 e. The van der Waals surface area contributed by atoms with E-state index in [1.807, 2.05) is 31.2 Å². The normalized spacial score (nSPS) is 11.3. The SMILES string of the molecule is Cc1nc2ccccc2c(C)c1C(=O)OCC(=O)c1ccc(NS(C)(=O)=O)cc1. The quantitative estimate of drug-likeness (QED) is 0.492. The summed E-state index contributed by atoms with van der Waals surface area (Å²) >= 11 is 0. The molecule has 0 atom stereocenters. The molecule has 0 aliphatic heterocycles. The van der Waals surface area contributed by atoms with Gasteiger partial charge in [-0.2, -0.15) is 0 Å². The van der Waals surface area contributed by atoms with Gasteiger partial charge in [0.15, 0.2) is 12.4 Å². The number of para-hydroxylation sites is 1. The van der Waals surface area contributed by atoms with Gasteiger partial charge in [-0.05, 0) is 49.7 Å². The highest BCUT2D eigenvalue weighted by atomic mass is 32.2. The van der Waals surface area contributed by atoms with Gasteiger partial charge in [0, 0.05) is 16.6 Å². The number of aromatic nitrogens is 1. The molecule has 0 unspecified atom stereocenters. The van der Waals surface area contributed by atoms with E-state index in [9.17, 15) is 18.0 Å². The number of ether oxygens (including phenoxy) is 1. The van der Waals surface area contributed by atoms with Crippen LogP contribution in [0.3, 0.4) is 0 Å². The number of benzene rings is 2. The molecule has 8 heteroatoms. The van der Waals surface area contributed by atoms with Crippen LogP contribution in [0.2, 0.25) is 0 Å². The van der Waals surface area contributed by atoms with E-state index in [2.05, 4.69) is 9.71 Å². The van der Waals surface area contributed by atoms with Gasteiger partial charge in [-0.1, -0.05) is 18.2 Å². The largest absolute Gasteiger partial charge is 0.454 e. The number of hydrogen-bond acceptors (Lipinski definition) is 6. The van der Waals surface area contributed by atoms with Crippen LogP contribution in [0.25, 0.3) is 10.9 Å². The van der Waals surface area contributed by atoms with E-state index >= 15 is 0 Å². The molecular weight excluding hydrogens is 392 g/mol. The van der Waals surface area contributed by atoms with Crippen LogP contribution in [-0.4, -0.2) is 38.0 Å². The van der Waals surface area contributed by atoms with Crippen molar-refractivity contribution in [2.75, 3.05) is 17.6 Å². The van der Waals surface area contributed by atoms with Crippen LogP contribution in [0, 0.1) is 13.8 Å². The first-order valence-electron chi connectivity index (χ1n) is 8.80. The second-order valence-corrected chi connectivity index (χ2v) is 8.41. The van der Waals surface area contributed by atoms with E-state index < -0.39 is 28.4 Å². The van der Waals surface area contributed by atoms with Crippen LogP contribution in [0.1, 0.15) is 32.0 Å². The Morgan fingerprint density at radius 2 is 1.69 bits per heavy atom. The van der Waals surface area contributed by atoms with Gasteiger partial charge in [0.25, 0.3) is 0 Å². The summed E-state index contributed by atoms with van der Waals surface area (Å²) in [6, 6.07) is 13.4. The summed E-state index contributed by atoms with van der Waals surface area (Å²) in [6.45, 7) is 3.12. The van der Waals surface area contributed by atoms with Crippen molar-refractivity contribution in [2.24, 2.45) is 0 Å². The third-order valence-electron chi connectivity index (χ3n) is 4.38. The monoisotopic (exact) mass is 412 g/mol. The number of nitrogens with one attached hydrogen (secondary N) is 1. The van der Waals surface area contributed by atoms with Gasteiger partial charge in [-0.25, -0.2) is 13.2 Å². The highest BCUT2D eigenvalue weighted by Gasteiger charge is 2.19. The molecule has 1 aromatic heterocycles. The van der Waals surface area contributed by atoms with Gasteiger partial charge in [0.1, 0.15) is 0 Å². The number of ketones is 1. The summed E-state index contributed by atoms with van der Waals surface area (Å²) < 4.78 is 30.0. The zero-order valence-electron chi connectivity index (χ0n) is 16.2. The first-order chi connectivity index (χ1) is 13.7. The molecule has 0 saturated heterocycles. The number of carbonyl (C=O) groups excluding carboxylic acids is 2. The summed E-state index contributed by atoms with van der Waals surface area (Å²) in [4.78, 5) is 29.4. The summed E-state index contributed by atoms with van der Waals surface area (Å²) in [7, 11) is -3.40. The molecule has 0 saturated carbocycles. The molecule has 1 N–H and O–H groups in total. The first kappa shape index (κ1) is 20.5. The average molecular weight is 412 g/mol. The molecular formula is C21H20N2O5S. The summed E-state index contributed by atoms with van der Waals surface area (Å²) in [5.74, 6) is -1.00. The first-order valence-corrected chi connectivity index (χ1v) is 10.7. The van der Waals surface area contributed by atoms with Gasteiger partial charge in [-0.3, -0.25) is 14.5 Å². The molecule has 29 heavy (non-hydrogen) atoms. The molecule has 1 heterocycles. The van der Waals surface area contributed by atoms with E-state index in [1.54, 1.807) is 6.92 Å². The fourth-order valence-electron chi connectivity index (χ4n) is 3.06. The molecule has 0 bridgehead atoms. The molecule has 3 rings (SSSR count). The number of Topliss-reactive ketones (excluding diaryl/α,β-unsaturated/α-hetero) is 1. The Hall–Kier alpha value is -3.26.